The molecule has 0 spiro atoms. The Bertz CT molecular complexity index is 1020. The maximum atomic E-state index is 13.2. The normalized spacial score (nSPS) is 11.0. The first-order valence-electron chi connectivity index (χ1n) is 8.58. The number of aryl methyl sites for hydroxylation is 1. The predicted octanol–water partition coefficient (Wildman–Crippen LogP) is 5.28. The van der Waals surface area contributed by atoms with E-state index in [2.05, 4.69) is 5.32 Å². The zero-order chi connectivity index (χ0) is 20.1. The van der Waals surface area contributed by atoms with Crippen molar-refractivity contribution in [2.24, 2.45) is 0 Å². The van der Waals surface area contributed by atoms with Crippen LogP contribution in [0.4, 0.5) is 9.39 Å². The van der Waals surface area contributed by atoms with Gasteiger partial charge in [0.15, 0.2) is 0 Å². The summed E-state index contributed by atoms with van der Waals surface area (Å²) in [6.45, 7) is 3.71. The van der Waals surface area contributed by atoms with Gasteiger partial charge in [0.2, 0.25) is 5.91 Å². The van der Waals surface area contributed by atoms with Crippen LogP contribution in [-0.4, -0.2) is 18.5 Å². The first-order chi connectivity index (χ1) is 13.5. The van der Waals surface area contributed by atoms with Crippen molar-refractivity contribution in [1.82, 2.24) is 0 Å². The van der Waals surface area contributed by atoms with Gasteiger partial charge in [-0.15, -0.1) is 11.3 Å². The summed E-state index contributed by atoms with van der Waals surface area (Å²) in [6.07, 6.45) is 2.87. The zero-order valence-corrected chi connectivity index (χ0v) is 16.1. The molecule has 0 aliphatic rings. The van der Waals surface area contributed by atoms with E-state index in [0.717, 1.165) is 5.76 Å². The minimum Gasteiger partial charge on any atom is -0.462 e. The highest BCUT2D eigenvalue weighted by atomic mass is 32.1. The Kier molecular flexibility index (Phi) is 6.06. The fourth-order valence-electron chi connectivity index (χ4n) is 2.55. The van der Waals surface area contributed by atoms with Crippen LogP contribution in [0.2, 0.25) is 0 Å². The maximum absolute atomic E-state index is 13.2. The third kappa shape index (κ3) is 4.55. The Labute approximate surface area is 165 Å². The quantitative estimate of drug-likeness (QED) is 0.452. The highest BCUT2D eigenvalue weighted by molar-refractivity contribution is 7.15. The van der Waals surface area contributed by atoms with Gasteiger partial charge in [-0.1, -0.05) is 12.1 Å². The van der Waals surface area contributed by atoms with Gasteiger partial charge in [-0.05, 0) is 49.8 Å². The minimum absolute atomic E-state index is 0.197. The summed E-state index contributed by atoms with van der Waals surface area (Å²) in [5.74, 6) is -0.0390. The predicted molar refractivity (Wildman–Crippen MR) is 107 cm³/mol. The molecule has 1 amide bonds. The summed E-state index contributed by atoms with van der Waals surface area (Å²) in [5.41, 5.74) is 1.47. The first kappa shape index (κ1) is 19.6. The van der Waals surface area contributed by atoms with E-state index in [0.29, 0.717) is 21.9 Å². The summed E-state index contributed by atoms with van der Waals surface area (Å²) in [6, 6.07) is 9.32. The molecule has 1 aromatic carbocycles. The molecule has 1 N–H and O–H groups in total. The number of anilines is 1. The average Bonchev–Trinajstić information content (AvgIpc) is 3.27. The third-order valence-corrected chi connectivity index (χ3v) is 4.72. The topological polar surface area (TPSA) is 68.5 Å². The number of nitrogens with one attached hydrogen (secondary N) is 1. The van der Waals surface area contributed by atoms with Crippen molar-refractivity contribution in [2.75, 3.05) is 11.9 Å². The van der Waals surface area contributed by atoms with Crippen LogP contribution >= 0.6 is 11.3 Å². The second-order valence-corrected chi connectivity index (χ2v) is 6.73. The fourth-order valence-corrected chi connectivity index (χ4v) is 3.51. The highest BCUT2D eigenvalue weighted by Crippen LogP contribution is 2.36. The van der Waals surface area contributed by atoms with Crippen LogP contribution < -0.4 is 5.32 Å². The highest BCUT2D eigenvalue weighted by Gasteiger charge is 2.22. The molecule has 3 aromatic rings. The number of hydrogen-bond acceptors (Lipinski definition) is 5. The van der Waals surface area contributed by atoms with E-state index in [1.54, 1.807) is 42.6 Å². The van der Waals surface area contributed by atoms with Crippen molar-refractivity contribution >= 4 is 34.3 Å². The van der Waals surface area contributed by atoms with Crippen molar-refractivity contribution in [2.45, 2.75) is 13.8 Å². The summed E-state index contributed by atoms with van der Waals surface area (Å²) >= 11 is 1.20. The van der Waals surface area contributed by atoms with Crippen molar-refractivity contribution in [1.29, 1.82) is 0 Å². The van der Waals surface area contributed by atoms with Gasteiger partial charge < -0.3 is 14.5 Å². The van der Waals surface area contributed by atoms with Gasteiger partial charge in [-0.25, -0.2) is 9.18 Å². The maximum Gasteiger partial charge on any atom is 0.341 e. The van der Waals surface area contributed by atoms with Crippen molar-refractivity contribution in [3.05, 3.63) is 70.8 Å². The van der Waals surface area contributed by atoms with Crippen LogP contribution in [0.3, 0.4) is 0 Å². The minimum atomic E-state index is -0.552. The largest absolute Gasteiger partial charge is 0.462 e. The lowest BCUT2D eigenvalue weighted by molar-refractivity contribution is -0.111. The van der Waals surface area contributed by atoms with Gasteiger partial charge in [0.05, 0.1) is 6.61 Å². The van der Waals surface area contributed by atoms with Gasteiger partial charge in [0.25, 0.3) is 0 Å². The van der Waals surface area contributed by atoms with E-state index in [9.17, 15) is 14.0 Å². The SMILES string of the molecule is CCOC(=O)c1c(-c2ccc(F)cc2)csc1NC(=O)C=Cc1ccc(C)o1. The van der Waals surface area contributed by atoms with E-state index in [4.69, 9.17) is 9.15 Å². The Morgan fingerprint density at radius 1 is 1.21 bits per heavy atom. The van der Waals surface area contributed by atoms with E-state index in [1.807, 2.05) is 6.92 Å². The molecular formula is C21H18FNO4S. The van der Waals surface area contributed by atoms with Crippen LogP contribution in [-0.2, 0) is 9.53 Å². The van der Waals surface area contributed by atoms with Gasteiger partial charge >= 0.3 is 5.97 Å². The van der Waals surface area contributed by atoms with Crippen molar-refractivity contribution < 1.29 is 23.1 Å². The fraction of sp³-hybridized carbons (Fsp3) is 0.143. The van der Waals surface area contributed by atoms with Crippen molar-refractivity contribution in [3.8, 4) is 11.1 Å². The first-order valence-corrected chi connectivity index (χ1v) is 9.46. The van der Waals surface area contributed by atoms with E-state index in [1.165, 1.54) is 29.5 Å². The number of hydrogen-bond donors (Lipinski definition) is 1. The number of esters is 1. The van der Waals surface area contributed by atoms with Crippen LogP contribution in [0.5, 0.6) is 0 Å². The number of ether oxygens (including phenoxy) is 1. The zero-order valence-electron chi connectivity index (χ0n) is 15.3. The van der Waals surface area contributed by atoms with E-state index < -0.39 is 11.9 Å². The molecule has 2 aromatic heterocycles. The lowest BCUT2D eigenvalue weighted by Gasteiger charge is -2.08. The van der Waals surface area contributed by atoms with Crippen molar-refractivity contribution in [3.63, 3.8) is 0 Å². The van der Waals surface area contributed by atoms with Crippen LogP contribution in [0, 0.1) is 12.7 Å². The molecule has 0 saturated heterocycles. The molecule has 0 atom stereocenters. The number of rotatable bonds is 6. The van der Waals surface area contributed by atoms with Crippen LogP contribution in [0.1, 0.15) is 28.8 Å². The molecule has 144 valence electrons. The summed E-state index contributed by atoms with van der Waals surface area (Å²) < 4.78 is 23.7. The second kappa shape index (κ2) is 8.67. The molecule has 0 aliphatic heterocycles. The van der Waals surface area contributed by atoms with Crippen LogP contribution in [0.25, 0.3) is 17.2 Å². The number of thiophene rings is 1. The standard InChI is InChI=1S/C21H18FNO4S/c1-3-26-21(25)19-17(14-5-7-15(22)8-6-14)12-28-20(19)23-18(24)11-10-16-9-4-13(2)27-16/h4-12H,3H2,1-2H3,(H,23,24). The van der Waals surface area contributed by atoms with Gasteiger partial charge in [0.1, 0.15) is 27.9 Å². The number of benzene rings is 1. The van der Waals surface area contributed by atoms with Gasteiger partial charge in [-0.3, -0.25) is 4.79 Å². The average molecular weight is 399 g/mol. The lowest BCUT2D eigenvalue weighted by Crippen LogP contribution is -2.12. The van der Waals surface area contributed by atoms with Gasteiger partial charge in [-0.2, -0.15) is 0 Å². The molecule has 0 saturated carbocycles. The van der Waals surface area contributed by atoms with E-state index >= 15 is 0 Å². The number of carbonyl (C=O) groups is 2. The Morgan fingerprint density at radius 2 is 1.96 bits per heavy atom. The smallest absolute Gasteiger partial charge is 0.341 e. The van der Waals surface area contributed by atoms with E-state index in [-0.39, 0.29) is 18.0 Å². The Balaban J connectivity index is 1.87. The molecular weight excluding hydrogens is 381 g/mol. The number of furan rings is 1. The lowest BCUT2D eigenvalue weighted by atomic mass is 10.0. The number of amides is 1. The molecule has 0 fully saturated rings. The summed E-state index contributed by atoms with van der Waals surface area (Å²) in [4.78, 5) is 24.8. The Morgan fingerprint density at radius 3 is 2.61 bits per heavy atom. The molecule has 0 aliphatic carbocycles. The molecule has 2 heterocycles. The monoisotopic (exact) mass is 399 g/mol. The number of carbonyl (C=O) groups excluding carboxylic acids is 2. The molecule has 5 nitrogen and oxygen atoms in total. The molecule has 28 heavy (non-hydrogen) atoms. The summed E-state index contributed by atoms with van der Waals surface area (Å²) in [5, 5.41) is 4.80. The molecule has 0 radical (unpaired) electrons. The molecule has 3 rings (SSSR count). The second-order valence-electron chi connectivity index (χ2n) is 5.85. The number of halogens is 1. The Hall–Kier alpha value is -3.19. The molecule has 0 bridgehead atoms. The third-order valence-electron chi connectivity index (χ3n) is 3.82. The van der Waals surface area contributed by atoms with Gasteiger partial charge in [0, 0.05) is 17.0 Å². The molecule has 7 heteroatoms. The summed E-state index contributed by atoms with van der Waals surface area (Å²) in [7, 11) is 0. The van der Waals surface area contributed by atoms with Crippen LogP contribution in [0.15, 0.2) is 52.3 Å². The molecule has 0 unspecified atom stereocenters.